The molecule has 69 heavy (non-hydrogen) atoms. The summed E-state index contributed by atoms with van der Waals surface area (Å²) in [5.41, 5.74) is 0. The van der Waals surface area contributed by atoms with E-state index in [1.165, 1.54) is 257 Å². The van der Waals surface area contributed by atoms with Gasteiger partial charge in [0.15, 0.2) is 6.10 Å². The van der Waals surface area contributed by atoms with Crippen molar-refractivity contribution in [2.24, 2.45) is 0 Å². The van der Waals surface area contributed by atoms with Gasteiger partial charge >= 0.3 is 17.9 Å². The molecular weight excluding hydrogens is 853 g/mol. The number of ether oxygens (including phenoxy) is 3. The van der Waals surface area contributed by atoms with E-state index >= 15 is 0 Å². The van der Waals surface area contributed by atoms with Gasteiger partial charge in [-0.3, -0.25) is 14.4 Å². The number of esters is 3. The van der Waals surface area contributed by atoms with Crippen molar-refractivity contribution in [3.05, 3.63) is 12.2 Å². The molecule has 6 nitrogen and oxygen atoms in total. The first-order chi connectivity index (χ1) is 34.0. The normalized spacial score (nSPS) is 12.0. The van der Waals surface area contributed by atoms with Gasteiger partial charge in [-0.1, -0.05) is 303 Å². The molecule has 0 radical (unpaired) electrons. The summed E-state index contributed by atoms with van der Waals surface area (Å²) >= 11 is 0. The monoisotopic (exact) mass is 973 g/mol. The van der Waals surface area contributed by atoms with E-state index in [0.29, 0.717) is 19.3 Å². The maximum atomic E-state index is 12.9. The van der Waals surface area contributed by atoms with E-state index in [1.807, 2.05) is 0 Å². The number of carbonyl (C=O) groups is 3. The molecule has 0 aliphatic carbocycles. The molecule has 0 aromatic carbocycles. The van der Waals surface area contributed by atoms with Gasteiger partial charge in [0.1, 0.15) is 13.2 Å². The van der Waals surface area contributed by atoms with Gasteiger partial charge in [-0.05, 0) is 44.9 Å². The van der Waals surface area contributed by atoms with Gasteiger partial charge in [0.2, 0.25) is 0 Å². The number of allylic oxidation sites excluding steroid dienone is 2. The van der Waals surface area contributed by atoms with Crippen LogP contribution in [0.3, 0.4) is 0 Å². The van der Waals surface area contributed by atoms with E-state index < -0.39 is 6.10 Å². The SMILES string of the molecule is CCCCCCCCCC/C=C\CCCCCCCCCC(=O)OC[C@@H](COC(=O)CCCCCCCCCCCCCCCCCC)OC(=O)CCCCCCCCCCCCCCCCCC. The predicted octanol–water partition coefficient (Wildman–Crippen LogP) is 20.9. The van der Waals surface area contributed by atoms with E-state index in [1.54, 1.807) is 0 Å². The summed E-state index contributed by atoms with van der Waals surface area (Å²) in [6, 6.07) is 0. The van der Waals surface area contributed by atoms with Crippen LogP contribution in [0.2, 0.25) is 0 Å². The van der Waals surface area contributed by atoms with Crippen LogP contribution in [0.25, 0.3) is 0 Å². The number of hydrogen-bond donors (Lipinski definition) is 0. The van der Waals surface area contributed by atoms with Crippen molar-refractivity contribution < 1.29 is 28.6 Å². The lowest BCUT2D eigenvalue weighted by atomic mass is 10.0. The maximum absolute atomic E-state index is 12.9. The van der Waals surface area contributed by atoms with Crippen molar-refractivity contribution in [2.75, 3.05) is 13.2 Å². The average molecular weight is 974 g/mol. The molecule has 0 unspecified atom stereocenters. The zero-order valence-electron chi connectivity index (χ0n) is 46.9. The number of carbonyl (C=O) groups excluding carboxylic acids is 3. The first-order valence-electron chi connectivity index (χ1n) is 31.2. The molecule has 0 saturated carbocycles. The lowest BCUT2D eigenvalue weighted by molar-refractivity contribution is -0.167. The Labute approximate surface area is 431 Å². The second-order valence-corrected chi connectivity index (χ2v) is 21.3. The minimum absolute atomic E-state index is 0.0648. The predicted molar refractivity (Wildman–Crippen MR) is 298 cm³/mol. The highest BCUT2D eigenvalue weighted by atomic mass is 16.6. The van der Waals surface area contributed by atoms with Crippen molar-refractivity contribution >= 4 is 17.9 Å². The van der Waals surface area contributed by atoms with E-state index in [0.717, 1.165) is 57.8 Å². The number of hydrogen-bond acceptors (Lipinski definition) is 6. The zero-order chi connectivity index (χ0) is 50.0. The van der Waals surface area contributed by atoms with Crippen LogP contribution in [0.4, 0.5) is 0 Å². The fraction of sp³-hybridized carbons (Fsp3) is 0.921. The number of rotatable bonds is 58. The van der Waals surface area contributed by atoms with Crippen LogP contribution >= 0.6 is 0 Å². The molecule has 0 N–H and O–H groups in total. The third kappa shape index (κ3) is 56.9. The van der Waals surface area contributed by atoms with Crippen molar-refractivity contribution in [3.63, 3.8) is 0 Å². The van der Waals surface area contributed by atoms with Gasteiger partial charge in [-0.15, -0.1) is 0 Å². The van der Waals surface area contributed by atoms with E-state index in [2.05, 4.69) is 32.9 Å². The second kappa shape index (κ2) is 58.7. The molecule has 0 heterocycles. The van der Waals surface area contributed by atoms with E-state index in [4.69, 9.17) is 14.2 Å². The molecule has 0 aliphatic heterocycles. The molecule has 0 saturated heterocycles. The summed E-state index contributed by atoms with van der Waals surface area (Å²) in [7, 11) is 0. The summed E-state index contributed by atoms with van der Waals surface area (Å²) in [4.78, 5) is 38.3. The highest BCUT2D eigenvalue weighted by Crippen LogP contribution is 2.18. The Kier molecular flexibility index (Phi) is 57.1. The van der Waals surface area contributed by atoms with E-state index in [-0.39, 0.29) is 31.1 Å². The molecule has 0 fully saturated rings. The Bertz CT molecular complexity index is 1070. The lowest BCUT2D eigenvalue weighted by Gasteiger charge is -2.18. The fourth-order valence-electron chi connectivity index (χ4n) is 9.56. The standard InChI is InChI=1S/C63H120O6/c1-4-7-10-13-16-19-22-25-28-31-32-33-36-38-41-44-47-50-53-56-62(65)68-59-60(69-63(66)57-54-51-48-45-42-39-35-30-27-24-21-18-15-12-9-6-3)58-67-61(64)55-52-49-46-43-40-37-34-29-26-23-20-17-14-11-8-5-2/h31-32,60H,4-30,33-59H2,1-3H3/b32-31-/t60-/m1/s1. The van der Waals surface area contributed by atoms with Gasteiger partial charge in [-0.25, -0.2) is 0 Å². The second-order valence-electron chi connectivity index (χ2n) is 21.3. The summed E-state index contributed by atoms with van der Waals surface area (Å²) in [6.07, 6.45) is 67.8. The van der Waals surface area contributed by atoms with Crippen molar-refractivity contribution in [1.29, 1.82) is 0 Å². The Morgan fingerprint density at radius 2 is 0.478 bits per heavy atom. The van der Waals surface area contributed by atoms with Crippen molar-refractivity contribution in [2.45, 2.75) is 361 Å². The van der Waals surface area contributed by atoms with Gasteiger partial charge in [0, 0.05) is 19.3 Å². The van der Waals surface area contributed by atoms with E-state index in [9.17, 15) is 14.4 Å². The van der Waals surface area contributed by atoms with Gasteiger partial charge in [0.25, 0.3) is 0 Å². The lowest BCUT2D eigenvalue weighted by Crippen LogP contribution is -2.30. The average Bonchev–Trinajstić information content (AvgIpc) is 3.35. The summed E-state index contributed by atoms with van der Waals surface area (Å²) in [5, 5.41) is 0. The molecule has 0 bridgehead atoms. The van der Waals surface area contributed by atoms with Gasteiger partial charge in [-0.2, -0.15) is 0 Å². The summed E-state index contributed by atoms with van der Waals surface area (Å²) in [5.74, 6) is -0.840. The third-order valence-electron chi connectivity index (χ3n) is 14.3. The van der Waals surface area contributed by atoms with Crippen molar-refractivity contribution in [1.82, 2.24) is 0 Å². The van der Waals surface area contributed by atoms with Crippen molar-refractivity contribution in [3.8, 4) is 0 Å². The fourth-order valence-corrected chi connectivity index (χ4v) is 9.56. The molecule has 408 valence electrons. The minimum atomic E-state index is -0.766. The molecule has 0 spiro atoms. The Morgan fingerprint density at radius 1 is 0.275 bits per heavy atom. The molecule has 0 aromatic rings. The molecule has 0 amide bonds. The Balaban J connectivity index is 4.30. The molecule has 1 atom stereocenters. The highest BCUT2D eigenvalue weighted by Gasteiger charge is 2.19. The molecule has 0 aliphatic rings. The summed E-state index contributed by atoms with van der Waals surface area (Å²) in [6.45, 7) is 6.71. The minimum Gasteiger partial charge on any atom is -0.462 e. The molecule has 0 aromatic heterocycles. The zero-order valence-corrected chi connectivity index (χ0v) is 46.9. The third-order valence-corrected chi connectivity index (χ3v) is 14.3. The quantitative estimate of drug-likeness (QED) is 0.0261. The van der Waals surface area contributed by atoms with Crippen LogP contribution in [-0.4, -0.2) is 37.2 Å². The van der Waals surface area contributed by atoms with Crippen LogP contribution in [0.1, 0.15) is 355 Å². The Morgan fingerprint density at radius 3 is 0.725 bits per heavy atom. The maximum Gasteiger partial charge on any atom is 0.306 e. The first kappa shape index (κ1) is 67.1. The van der Waals surface area contributed by atoms with Crippen LogP contribution in [-0.2, 0) is 28.6 Å². The van der Waals surface area contributed by atoms with Crippen LogP contribution in [0, 0.1) is 0 Å². The Hall–Kier alpha value is -1.85. The molecule has 6 heteroatoms. The number of unbranched alkanes of at least 4 members (excludes halogenated alkanes) is 45. The topological polar surface area (TPSA) is 78.9 Å². The van der Waals surface area contributed by atoms with Crippen LogP contribution in [0.5, 0.6) is 0 Å². The van der Waals surface area contributed by atoms with Gasteiger partial charge in [0.05, 0.1) is 0 Å². The summed E-state index contributed by atoms with van der Waals surface area (Å²) < 4.78 is 16.9. The van der Waals surface area contributed by atoms with Crippen LogP contribution in [0.15, 0.2) is 12.2 Å². The highest BCUT2D eigenvalue weighted by molar-refractivity contribution is 5.71. The molecular formula is C63H120O6. The van der Waals surface area contributed by atoms with Gasteiger partial charge < -0.3 is 14.2 Å². The smallest absolute Gasteiger partial charge is 0.306 e. The largest absolute Gasteiger partial charge is 0.462 e. The first-order valence-corrected chi connectivity index (χ1v) is 31.2. The van der Waals surface area contributed by atoms with Crippen LogP contribution < -0.4 is 0 Å². The molecule has 0 rings (SSSR count).